The summed E-state index contributed by atoms with van der Waals surface area (Å²) in [5.41, 5.74) is 2.19. The van der Waals surface area contributed by atoms with Crippen LogP contribution in [0.3, 0.4) is 0 Å². The number of esters is 1. The molecule has 2 rings (SSSR count). The zero-order chi connectivity index (χ0) is 18.0. The van der Waals surface area contributed by atoms with E-state index in [9.17, 15) is 9.59 Å². The van der Waals surface area contributed by atoms with E-state index in [2.05, 4.69) is 4.98 Å². The molecule has 0 amide bonds. The SMILES string of the molecule is COC(=O)c1c(C)[nH]c(C(=O)[C@H](C)[NH+](C)Cc2ccc(C)o2)c1C. The fraction of sp³-hybridized carbons (Fsp3) is 0.444. The third-order valence-corrected chi connectivity index (χ3v) is 4.45. The van der Waals surface area contributed by atoms with Gasteiger partial charge < -0.3 is 19.0 Å². The molecule has 6 nitrogen and oxygen atoms in total. The fourth-order valence-electron chi connectivity index (χ4n) is 2.85. The van der Waals surface area contributed by atoms with Crippen LogP contribution in [0, 0.1) is 20.8 Å². The topological polar surface area (TPSA) is 76.7 Å². The number of nitrogens with one attached hydrogen (secondary N) is 2. The van der Waals surface area contributed by atoms with Crippen LogP contribution in [0.1, 0.15) is 50.5 Å². The molecule has 2 atom stereocenters. The molecule has 0 bridgehead atoms. The van der Waals surface area contributed by atoms with Crippen LogP contribution in [0.15, 0.2) is 16.5 Å². The van der Waals surface area contributed by atoms with Gasteiger partial charge in [-0.1, -0.05) is 0 Å². The number of aromatic nitrogens is 1. The van der Waals surface area contributed by atoms with Gasteiger partial charge in [-0.25, -0.2) is 4.79 Å². The lowest BCUT2D eigenvalue weighted by Crippen LogP contribution is -3.12. The van der Waals surface area contributed by atoms with Crippen LogP contribution in [0.4, 0.5) is 0 Å². The zero-order valence-electron chi connectivity index (χ0n) is 15.1. The van der Waals surface area contributed by atoms with Crippen molar-refractivity contribution in [2.75, 3.05) is 14.2 Å². The van der Waals surface area contributed by atoms with E-state index in [1.54, 1.807) is 13.8 Å². The minimum Gasteiger partial charge on any atom is -0.465 e. The van der Waals surface area contributed by atoms with Crippen molar-refractivity contribution in [1.29, 1.82) is 0 Å². The molecule has 0 aliphatic carbocycles. The largest absolute Gasteiger partial charge is 0.465 e. The van der Waals surface area contributed by atoms with Crippen LogP contribution in [-0.2, 0) is 11.3 Å². The molecule has 0 saturated carbocycles. The van der Waals surface area contributed by atoms with Gasteiger partial charge in [0.15, 0.2) is 11.8 Å². The quantitative estimate of drug-likeness (QED) is 0.622. The number of carbonyl (C=O) groups excluding carboxylic acids is 2. The Morgan fingerprint density at radius 1 is 1.29 bits per heavy atom. The van der Waals surface area contributed by atoms with Crippen LogP contribution in [0.25, 0.3) is 0 Å². The first-order valence-corrected chi connectivity index (χ1v) is 7.95. The number of methoxy groups -OCH3 is 1. The number of Topliss-reactive ketones (excluding diaryl/α,β-unsaturated/α-hetero) is 1. The van der Waals surface area contributed by atoms with Crippen LogP contribution in [0.5, 0.6) is 0 Å². The molecule has 130 valence electrons. The van der Waals surface area contributed by atoms with E-state index in [0.29, 0.717) is 29.1 Å². The zero-order valence-corrected chi connectivity index (χ0v) is 15.1. The Bertz CT molecular complexity index is 757. The van der Waals surface area contributed by atoms with Crippen molar-refractivity contribution in [3.63, 3.8) is 0 Å². The van der Waals surface area contributed by atoms with Crippen molar-refractivity contribution in [2.24, 2.45) is 0 Å². The number of likely N-dealkylation sites (N-methyl/N-ethyl adjacent to an activating group) is 1. The summed E-state index contributed by atoms with van der Waals surface area (Å²) < 4.78 is 10.4. The first kappa shape index (κ1) is 18.0. The maximum atomic E-state index is 12.8. The minimum absolute atomic E-state index is 0.0356. The van der Waals surface area contributed by atoms with Gasteiger partial charge in [0.25, 0.3) is 0 Å². The highest BCUT2D eigenvalue weighted by molar-refractivity contribution is 6.03. The average Bonchev–Trinajstić information content (AvgIpc) is 3.08. The van der Waals surface area contributed by atoms with Crippen LogP contribution < -0.4 is 4.90 Å². The summed E-state index contributed by atoms with van der Waals surface area (Å²) in [7, 11) is 3.29. The molecular weight excluding hydrogens is 308 g/mol. The summed E-state index contributed by atoms with van der Waals surface area (Å²) in [6, 6.07) is 3.56. The van der Waals surface area contributed by atoms with Crippen LogP contribution in [-0.4, -0.2) is 36.9 Å². The first-order valence-electron chi connectivity index (χ1n) is 7.95. The molecule has 2 N–H and O–H groups in total. The second-order valence-corrected chi connectivity index (χ2v) is 6.24. The molecule has 0 radical (unpaired) electrons. The van der Waals surface area contributed by atoms with Gasteiger partial charge in [0.2, 0.25) is 5.78 Å². The lowest BCUT2D eigenvalue weighted by molar-refractivity contribution is -0.908. The molecule has 1 unspecified atom stereocenters. The molecule has 2 aromatic rings. The summed E-state index contributed by atoms with van der Waals surface area (Å²) in [6.45, 7) is 7.92. The smallest absolute Gasteiger partial charge is 0.339 e. The van der Waals surface area contributed by atoms with Gasteiger partial charge in [-0.2, -0.15) is 0 Å². The van der Waals surface area contributed by atoms with E-state index in [0.717, 1.165) is 16.4 Å². The van der Waals surface area contributed by atoms with Crippen molar-refractivity contribution in [2.45, 2.75) is 40.3 Å². The molecule has 6 heteroatoms. The third kappa shape index (κ3) is 3.43. The molecule has 0 aromatic carbocycles. The Labute approximate surface area is 141 Å². The minimum atomic E-state index is -0.431. The summed E-state index contributed by atoms with van der Waals surface area (Å²) >= 11 is 0. The van der Waals surface area contributed by atoms with Crippen molar-refractivity contribution in [3.05, 3.63) is 46.2 Å². The molecule has 0 saturated heterocycles. The van der Waals surface area contributed by atoms with Crippen LogP contribution >= 0.6 is 0 Å². The lowest BCUT2D eigenvalue weighted by Gasteiger charge is -2.19. The number of quaternary nitrogens is 1. The molecule has 24 heavy (non-hydrogen) atoms. The number of ketones is 1. The van der Waals surface area contributed by atoms with E-state index in [-0.39, 0.29) is 11.8 Å². The van der Waals surface area contributed by atoms with E-state index >= 15 is 0 Å². The highest BCUT2D eigenvalue weighted by Crippen LogP contribution is 2.19. The van der Waals surface area contributed by atoms with Gasteiger partial charge in [0.1, 0.15) is 12.3 Å². The number of carbonyl (C=O) groups is 2. The van der Waals surface area contributed by atoms with E-state index in [1.807, 2.05) is 33.0 Å². The third-order valence-electron chi connectivity index (χ3n) is 4.45. The molecular formula is C18H25N2O4+. The number of H-pyrrole nitrogens is 1. The second-order valence-electron chi connectivity index (χ2n) is 6.24. The van der Waals surface area contributed by atoms with Crippen LogP contribution in [0.2, 0.25) is 0 Å². The Hall–Kier alpha value is -2.34. The monoisotopic (exact) mass is 333 g/mol. The average molecular weight is 333 g/mol. The molecule has 2 heterocycles. The standard InChI is InChI=1S/C18H24N2O4/c1-10-7-8-14(24-10)9-20(5)13(4)17(21)16-11(2)15(12(3)19-16)18(22)23-6/h7-8,13,19H,9H2,1-6H3/p+1/t13-/m0/s1. The van der Waals surface area contributed by atoms with Gasteiger partial charge in [0, 0.05) is 5.69 Å². The van der Waals surface area contributed by atoms with Gasteiger partial charge in [-0.15, -0.1) is 0 Å². The Morgan fingerprint density at radius 2 is 1.96 bits per heavy atom. The van der Waals surface area contributed by atoms with Gasteiger partial charge >= 0.3 is 5.97 Å². The Balaban J connectivity index is 2.20. The fourth-order valence-corrected chi connectivity index (χ4v) is 2.85. The maximum absolute atomic E-state index is 12.8. The summed E-state index contributed by atoms with van der Waals surface area (Å²) in [5, 5.41) is 0. The number of aromatic amines is 1. The van der Waals surface area contributed by atoms with Crippen molar-refractivity contribution < 1.29 is 23.6 Å². The lowest BCUT2D eigenvalue weighted by atomic mass is 10.0. The second kappa shape index (κ2) is 7.05. The number of ether oxygens (including phenoxy) is 1. The number of aryl methyl sites for hydroxylation is 2. The molecule has 0 aliphatic rings. The van der Waals surface area contributed by atoms with Crippen molar-refractivity contribution in [3.8, 4) is 0 Å². The van der Waals surface area contributed by atoms with E-state index in [1.165, 1.54) is 7.11 Å². The van der Waals surface area contributed by atoms with Crippen molar-refractivity contribution in [1.82, 2.24) is 4.98 Å². The summed E-state index contributed by atoms with van der Waals surface area (Å²) in [5.74, 6) is 1.24. The molecule has 0 aliphatic heterocycles. The van der Waals surface area contributed by atoms with Gasteiger partial charge in [-0.05, 0) is 45.4 Å². The normalized spacial score (nSPS) is 13.6. The molecule has 2 aromatic heterocycles. The highest BCUT2D eigenvalue weighted by atomic mass is 16.5. The number of hydrogen-bond acceptors (Lipinski definition) is 4. The maximum Gasteiger partial charge on any atom is 0.339 e. The molecule has 0 spiro atoms. The molecule has 0 fully saturated rings. The summed E-state index contributed by atoms with van der Waals surface area (Å²) in [6.07, 6.45) is 0. The predicted octanol–water partition coefficient (Wildman–Crippen LogP) is 1.61. The Morgan fingerprint density at radius 3 is 2.50 bits per heavy atom. The highest BCUT2D eigenvalue weighted by Gasteiger charge is 2.29. The predicted molar refractivity (Wildman–Crippen MR) is 89.4 cm³/mol. The van der Waals surface area contributed by atoms with E-state index < -0.39 is 5.97 Å². The first-order chi connectivity index (χ1) is 11.3. The van der Waals surface area contributed by atoms with E-state index in [4.69, 9.17) is 9.15 Å². The van der Waals surface area contributed by atoms with Gasteiger partial charge in [0.05, 0.1) is 25.4 Å². The number of hydrogen-bond donors (Lipinski definition) is 2. The summed E-state index contributed by atoms with van der Waals surface area (Å²) in [4.78, 5) is 28.8. The number of rotatable bonds is 6. The van der Waals surface area contributed by atoms with Crippen molar-refractivity contribution >= 4 is 11.8 Å². The number of furan rings is 1. The van der Waals surface area contributed by atoms with Gasteiger partial charge in [-0.3, -0.25) is 4.79 Å². The Kier molecular flexibility index (Phi) is 5.29.